The van der Waals surface area contributed by atoms with Gasteiger partial charge in [0.1, 0.15) is 6.10 Å². The first-order valence-electron chi connectivity index (χ1n) is 9.64. The summed E-state index contributed by atoms with van der Waals surface area (Å²) in [5.74, 6) is -0.467. The molecule has 0 unspecified atom stereocenters. The fourth-order valence-corrected chi connectivity index (χ4v) is 5.10. The lowest BCUT2D eigenvalue weighted by Gasteiger charge is -2.29. The van der Waals surface area contributed by atoms with Crippen LogP contribution in [0.1, 0.15) is 19.8 Å². The van der Waals surface area contributed by atoms with Crippen LogP contribution in [-0.2, 0) is 24.3 Å². The summed E-state index contributed by atoms with van der Waals surface area (Å²) < 4.78 is 39.1. The molecule has 2 rings (SSSR count). The lowest BCUT2D eigenvalue weighted by Crippen LogP contribution is -2.41. The second kappa shape index (κ2) is 11.0. The highest BCUT2D eigenvalue weighted by Gasteiger charge is 2.37. The van der Waals surface area contributed by atoms with Crippen molar-refractivity contribution in [2.75, 3.05) is 13.2 Å². The molecule has 1 aromatic carbocycles. The number of benzene rings is 1. The fraction of sp³-hybridized carbons (Fsp3) is 0.381. The van der Waals surface area contributed by atoms with E-state index in [1.165, 1.54) is 31.2 Å². The summed E-state index contributed by atoms with van der Waals surface area (Å²) in [5, 5.41) is 11.4. The van der Waals surface area contributed by atoms with Gasteiger partial charge in [-0.05, 0) is 18.6 Å². The Morgan fingerprint density at radius 1 is 1.26 bits per heavy atom. The normalized spacial score (nSPS) is 21.3. The fourth-order valence-electron chi connectivity index (χ4n) is 3.38. The molecule has 1 aliphatic carbocycles. The number of carbonyl (C=O) groups excluding carboxylic acids is 1. The maximum Gasteiger partial charge on any atom is 0.303 e. The molecule has 0 amide bonds. The largest absolute Gasteiger partial charge is 0.458 e. The van der Waals surface area contributed by atoms with Crippen LogP contribution < -0.4 is 0 Å². The third kappa shape index (κ3) is 6.33. The van der Waals surface area contributed by atoms with Gasteiger partial charge < -0.3 is 9.47 Å². The predicted molar refractivity (Wildman–Crippen MR) is 115 cm³/mol. The van der Waals surface area contributed by atoms with Gasteiger partial charge in [-0.1, -0.05) is 30.4 Å². The third-order valence-electron chi connectivity index (χ3n) is 4.64. The van der Waals surface area contributed by atoms with Gasteiger partial charge in [0, 0.05) is 32.0 Å². The molecule has 3 atom stereocenters. The maximum absolute atomic E-state index is 13.4. The number of hydrogen-bond donors (Lipinski definition) is 0. The molecule has 0 fully saturated rings. The van der Waals surface area contributed by atoms with E-state index in [1.54, 1.807) is 18.2 Å². The molecule has 31 heavy (non-hydrogen) atoms. The number of sulfonamides is 1. The van der Waals surface area contributed by atoms with Gasteiger partial charge in [-0.3, -0.25) is 14.9 Å². The van der Waals surface area contributed by atoms with E-state index < -0.39 is 49.7 Å². The summed E-state index contributed by atoms with van der Waals surface area (Å²) >= 11 is 0. The van der Waals surface area contributed by atoms with Crippen molar-refractivity contribution in [3.63, 3.8) is 0 Å². The highest BCUT2D eigenvalue weighted by atomic mass is 32.2. The van der Waals surface area contributed by atoms with Crippen molar-refractivity contribution in [3.05, 3.63) is 71.8 Å². The standard InChI is InChI=1S/C21H26N2O7S/c1-4-12-22(31(27,28)21-9-7-6-8-20(21)23(25)26)17-10-11-18(30-16(3)24)15-19(14-17)29-13-5-2/h4-11,17-19H,1-2,12-15H2,3H3/t17-,18-,19+/m1/s1. The van der Waals surface area contributed by atoms with Gasteiger partial charge in [-0.2, -0.15) is 4.31 Å². The van der Waals surface area contributed by atoms with E-state index in [9.17, 15) is 23.3 Å². The van der Waals surface area contributed by atoms with Crippen LogP contribution in [0.25, 0.3) is 0 Å². The molecule has 0 heterocycles. The van der Waals surface area contributed by atoms with Crippen molar-refractivity contribution in [2.45, 2.75) is 42.9 Å². The average molecular weight is 451 g/mol. The zero-order valence-corrected chi connectivity index (χ0v) is 18.1. The molecule has 0 saturated carbocycles. The molecule has 0 radical (unpaired) electrons. The Hall–Kier alpha value is -2.82. The van der Waals surface area contributed by atoms with Gasteiger partial charge in [-0.25, -0.2) is 8.42 Å². The Morgan fingerprint density at radius 2 is 1.97 bits per heavy atom. The third-order valence-corrected chi connectivity index (χ3v) is 6.58. The first kappa shape index (κ1) is 24.4. The van der Waals surface area contributed by atoms with Gasteiger partial charge in [0.25, 0.3) is 15.7 Å². The molecule has 0 bridgehead atoms. The summed E-state index contributed by atoms with van der Waals surface area (Å²) in [5.41, 5.74) is -0.508. The number of nitrogens with zero attached hydrogens (tertiary/aromatic N) is 2. The second-order valence-electron chi connectivity index (χ2n) is 6.90. The van der Waals surface area contributed by atoms with Gasteiger partial charge in [0.15, 0.2) is 4.90 Å². The van der Waals surface area contributed by atoms with Crippen molar-refractivity contribution in [2.24, 2.45) is 0 Å². The number of carbonyl (C=O) groups is 1. The Balaban J connectivity index is 2.47. The molecule has 0 saturated heterocycles. The number of para-hydroxylation sites is 1. The van der Waals surface area contributed by atoms with Crippen LogP contribution in [-0.4, -0.2) is 55.0 Å². The quantitative estimate of drug-likeness (QED) is 0.233. The first-order chi connectivity index (χ1) is 14.7. The van der Waals surface area contributed by atoms with E-state index in [2.05, 4.69) is 13.2 Å². The minimum atomic E-state index is -4.25. The van der Waals surface area contributed by atoms with E-state index in [4.69, 9.17) is 9.47 Å². The molecule has 0 spiro atoms. The van der Waals surface area contributed by atoms with Gasteiger partial charge >= 0.3 is 5.97 Å². The zero-order valence-electron chi connectivity index (χ0n) is 17.3. The molecule has 168 valence electrons. The lowest BCUT2D eigenvalue weighted by atomic mass is 10.1. The van der Waals surface area contributed by atoms with E-state index in [0.717, 1.165) is 10.4 Å². The summed E-state index contributed by atoms with van der Waals surface area (Å²) in [6.45, 7) is 8.70. The number of rotatable bonds is 10. The average Bonchev–Trinajstić information content (AvgIpc) is 2.91. The number of hydrogen-bond acceptors (Lipinski definition) is 7. The molecular weight excluding hydrogens is 424 g/mol. The summed E-state index contributed by atoms with van der Waals surface area (Å²) in [7, 11) is -4.25. The van der Waals surface area contributed by atoms with Crippen molar-refractivity contribution in [3.8, 4) is 0 Å². The van der Waals surface area contributed by atoms with Crippen LogP contribution in [0.2, 0.25) is 0 Å². The number of nitro groups is 1. The van der Waals surface area contributed by atoms with E-state index in [0.29, 0.717) is 6.42 Å². The van der Waals surface area contributed by atoms with Gasteiger partial charge in [-0.15, -0.1) is 13.2 Å². The van der Waals surface area contributed by atoms with Crippen molar-refractivity contribution < 1.29 is 27.6 Å². The SMILES string of the molecule is C=CCO[C@@H]1C[C@H](OC(C)=O)C=C[C@@H](N(CC=C)S(=O)(=O)c2ccccc2[N+](=O)[O-])C1. The Kier molecular flexibility index (Phi) is 8.66. The van der Waals surface area contributed by atoms with Crippen LogP contribution in [0.15, 0.2) is 66.6 Å². The van der Waals surface area contributed by atoms with E-state index in [1.807, 2.05) is 0 Å². The number of esters is 1. The first-order valence-corrected chi connectivity index (χ1v) is 11.1. The predicted octanol–water partition coefficient (Wildman–Crippen LogP) is 2.99. The molecule has 1 aliphatic rings. The van der Waals surface area contributed by atoms with Gasteiger partial charge in [0.05, 0.1) is 17.6 Å². The topological polar surface area (TPSA) is 116 Å². The van der Waals surface area contributed by atoms with E-state index >= 15 is 0 Å². The molecular formula is C21H26N2O7S. The monoisotopic (exact) mass is 450 g/mol. The number of nitro benzene ring substituents is 1. The minimum Gasteiger partial charge on any atom is -0.458 e. The molecule has 10 heteroatoms. The van der Waals surface area contributed by atoms with E-state index in [-0.39, 0.29) is 19.6 Å². The van der Waals surface area contributed by atoms with Gasteiger partial charge in [0.2, 0.25) is 0 Å². The summed E-state index contributed by atoms with van der Waals surface area (Å²) in [6.07, 6.45) is 5.81. The number of ether oxygens (including phenoxy) is 2. The van der Waals surface area contributed by atoms with Crippen LogP contribution in [0.4, 0.5) is 5.69 Å². The summed E-state index contributed by atoms with van der Waals surface area (Å²) in [4.78, 5) is 21.7. The van der Waals surface area contributed by atoms with Crippen LogP contribution in [0, 0.1) is 10.1 Å². The Labute approximate surface area is 181 Å². The maximum atomic E-state index is 13.4. The van der Waals surface area contributed by atoms with Crippen molar-refractivity contribution in [1.29, 1.82) is 0 Å². The lowest BCUT2D eigenvalue weighted by molar-refractivity contribution is -0.387. The molecule has 9 nitrogen and oxygen atoms in total. The Bertz CT molecular complexity index is 958. The summed E-state index contributed by atoms with van der Waals surface area (Å²) in [6, 6.07) is 4.50. The van der Waals surface area contributed by atoms with Crippen molar-refractivity contribution in [1.82, 2.24) is 4.31 Å². The smallest absolute Gasteiger partial charge is 0.303 e. The van der Waals surface area contributed by atoms with Crippen LogP contribution in [0.3, 0.4) is 0 Å². The molecule has 0 aromatic heterocycles. The highest BCUT2D eigenvalue weighted by molar-refractivity contribution is 7.89. The second-order valence-corrected chi connectivity index (χ2v) is 8.76. The molecule has 0 N–H and O–H groups in total. The Morgan fingerprint density at radius 3 is 2.58 bits per heavy atom. The van der Waals surface area contributed by atoms with Crippen molar-refractivity contribution >= 4 is 21.7 Å². The van der Waals surface area contributed by atoms with Crippen LogP contribution >= 0.6 is 0 Å². The molecule has 1 aromatic rings. The minimum absolute atomic E-state index is 0.0736. The van der Waals surface area contributed by atoms with Crippen LogP contribution in [0.5, 0.6) is 0 Å². The zero-order chi connectivity index (χ0) is 23.0. The highest BCUT2D eigenvalue weighted by Crippen LogP contribution is 2.30. The molecule has 0 aliphatic heterocycles.